The van der Waals surface area contributed by atoms with Crippen LogP contribution in [0, 0.1) is 0 Å². The lowest BCUT2D eigenvalue weighted by Crippen LogP contribution is -2.61. The predicted octanol–water partition coefficient (Wildman–Crippen LogP) is -0.135. The highest BCUT2D eigenvalue weighted by atomic mass is 16.7. The Morgan fingerprint density at radius 3 is 2.19 bits per heavy atom. The molecular formula is C23H22O14. The fourth-order valence-electron chi connectivity index (χ4n) is 3.90. The van der Waals surface area contributed by atoms with E-state index in [4.69, 9.17) is 28.5 Å². The Hall–Kier alpha value is -4.24. The van der Waals surface area contributed by atoms with Crippen molar-refractivity contribution in [3.63, 3.8) is 0 Å². The van der Waals surface area contributed by atoms with E-state index in [9.17, 15) is 40.2 Å². The molecule has 1 aliphatic rings. The first-order valence-corrected chi connectivity index (χ1v) is 10.6. The molecule has 14 nitrogen and oxygen atoms in total. The summed E-state index contributed by atoms with van der Waals surface area (Å²) < 4.78 is 26.1. The number of hydrogen-bond acceptors (Lipinski definition) is 13. The van der Waals surface area contributed by atoms with Crippen molar-refractivity contribution in [1.29, 1.82) is 0 Å². The topological polar surface area (TPSA) is 226 Å². The van der Waals surface area contributed by atoms with E-state index < -0.39 is 59.4 Å². The highest BCUT2D eigenvalue weighted by molar-refractivity contribution is 5.91. The molecule has 1 aliphatic heterocycles. The summed E-state index contributed by atoms with van der Waals surface area (Å²) in [6.45, 7) is 0. The van der Waals surface area contributed by atoms with Gasteiger partial charge in [-0.2, -0.15) is 0 Å². The van der Waals surface area contributed by atoms with E-state index in [2.05, 4.69) is 0 Å². The van der Waals surface area contributed by atoms with Crippen LogP contribution < -0.4 is 19.6 Å². The Morgan fingerprint density at radius 1 is 0.919 bits per heavy atom. The monoisotopic (exact) mass is 522 g/mol. The molecule has 1 fully saturated rings. The van der Waals surface area contributed by atoms with Gasteiger partial charge in [0.15, 0.2) is 34.9 Å². The van der Waals surface area contributed by atoms with E-state index in [1.807, 2.05) is 0 Å². The molecule has 1 aromatic heterocycles. The molecule has 0 radical (unpaired) electrons. The maximum absolute atomic E-state index is 13.0. The second-order valence-electron chi connectivity index (χ2n) is 7.98. The molecule has 0 unspecified atom stereocenters. The van der Waals surface area contributed by atoms with Crippen LogP contribution in [0.15, 0.2) is 33.5 Å². The summed E-state index contributed by atoms with van der Waals surface area (Å²) in [6.07, 6.45) is -9.38. The van der Waals surface area contributed by atoms with E-state index in [0.717, 1.165) is 12.1 Å². The first kappa shape index (κ1) is 25.8. The number of aliphatic hydroxyl groups excluding tert-OH is 3. The van der Waals surface area contributed by atoms with Gasteiger partial charge in [0, 0.05) is 11.6 Å². The number of phenolic OH excluding ortho intramolecular Hbond substituents is 3. The molecular weight excluding hydrogens is 500 g/mol. The average Bonchev–Trinajstić information content (AvgIpc) is 2.84. The fraction of sp³-hybridized carbons (Fsp3) is 0.304. The van der Waals surface area contributed by atoms with Crippen LogP contribution in [0.2, 0.25) is 0 Å². The summed E-state index contributed by atoms with van der Waals surface area (Å²) in [4.78, 5) is 24.3. The summed E-state index contributed by atoms with van der Waals surface area (Å²) >= 11 is 0. The third-order valence-electron chi connectivity index (χ3n) is 5.74. The van der Waals surface area contributed by atoms with Crippen molar-refractivity contribution in [2.24, 2.45) is 0 Å². The Morgan fingerprint density at radius 2 is 1.59 bits per heavy atom. The van der Waals surface area contributed by atoms with Gasteiger partial charge in [0.25, 0.3) is 0 Å². The van der Waals surface area contributed by atoms with Gasteiger partial charge in [-0.3, -0.25) is 4.79 Å². The van der Waals surface area contributed by atoms with Crippen LogP contribution in [0.3, 0.4) is 0 Å². The van der Waals surface area contributed by atoms with Crippen molar-refractivity contribution in [2.45, 2.75) is 30.7 Å². The second kappa shape index (κ2) is 9.67. The highest BCUT2D eigenvalue weighted by Crippen LogP contribution is 2.44. The van der Waals surface area contributed by atoms with Crippen molar-refractivity contribution in [2.75, 3.05) is 14.2 Å². The zero-order valence-electron chi connectivity index (χ0n) is 19.2. The molecule has 7 N–H and O–H groups in total. The van der Waals surface area contributed by atoms with Gasteiger partial charge in [-0.1, -0.05) is 0 Å². The van der Waals surface area contributed by atoms with Gasteiger partial charge in [-0.15, -0.1) is 0 Å². The summed E-state index contributed by atoms with van der Waals surface area (Å²) in [5.74, 6) is -4.56. The van der Waals surface area contributed by atoms with E-state index in [1.165, 1.54) is 26.4 Å². The molecule has 2 heterocycles. The SMILES string of the molecule is COc1c(O)cc2oc(-c3ccc(O[C@@H]4O[C@H](C(=O)O)[C@@H](O)[C@@H](O)[C@H]4O)c(O)c3)c(OC)c(=O)c2c1O. The van der Waals surface area contributed by atoms with Crippen molar-refractivity contribution in [3.05, 3.63) is 34.5 Å². The zero-order valence-corrected chi connectivity index (χ0v) is 19.2. The van der Waals surface area contributed by atoms with Gasteiger partial charge in [0.05, 0.1) is 14.2 Å². The van der Waals surface area contributed by atoms with Gasteiger partial charge < -0.3 is 59.1 Å². The molecule has 37 heavy (non-hydrogen) atoms. The summed E-state index contributed by atoms with van der Waals surface area (Å²) in [5.41, 5.74) is -0.942. The molecule has 0 amide bonds. The van der Waals surface area contributed by atoms with E-state index in [0.29, 0.717) is 0 Å². The number of hydrogen-bond donors (Lipinski definition) is 7. The van der Waals surface area contributed by atoms with Gasteiger partial charge in [0.1, 0.15) is 29.3 Å². The lowest BCUT2D eigenvalue weighted by molar-refractivity contribution is -0.271. The zero-order chi connectivity index (χ0) is 27.2. The number of benzene rings is 2. The predicted molar refractivity (Wildman–Crippen MR) is 121 cm³/mol. The molecule has 2 aromatic carbocycles. The minimum atomic E-state index is -1.93. The van der Waals surface area contributed by atoms with Crippen LogP contribution >= 0.6 is 0 Å². The van der Waals surface area contributed by atoms with Crippen LogP contribution in [0.25, 0.3) is 22.3 Å². The van der Waals surface area contributed by atoms with Gasteiger partial charge in [0.2, 0.25) is 23.2 Å². The maximum Gasteiger partial charge on any atom is 0.335 e. The lowest BCUT2D eigenvalue weighted by atomic mass is 9.99. The minimum Gasteiger partial charge on any atom is -0.504 e. The van der Waals surface area contributed by atoms with Crippen LogP contribution in [-0.2, 0) is 9.53 Å². The first-order chi connectivity index (χ1) is 17.5. The van der Waals surface area contributed by atoms with Crippen LogP contribution in [-0.4, -0.2) is 86.6 Å². The van der Waals surface area contributed by atoms with Gasteiger partial charge in [-0.25, -0.2) is 4.79 Å². The quantitative estimate of drug-likeness (QED) is 0.224. The largest absolute Gasteiger partial charge is 0.504 e. The molecule has 0 aliphatic carbocycles. The molecule has 0 saturated carbocycles. The molecule has 14 heteroatoms. The Labute approximate surface area is 206 Å². The third kappa shape index (κ3) is 4.31. The van der Waals surface area contributed by atoms with Gasteiger partial charge in [-0.05, 0) is 18.2 Å². The summed E-state index contributed by atoms with van der Waals surface area (Å²) in [5, 5.41) is 69.6. The smallest absolute Gasteiger partial charge is 0.335 e. The lowest BCUT2D eigenvalue weighted by Gasteiger charge is -2.38. The van der Waals surface area contributed by atoms with Crippen LogP contribution in [0.5, 0.6) is 34.5 Å². The number of fused-ring (bicyclic) bond motifs is 1. The van der Waals surface area contributed by atoms with Crippen molar-refractivity contribution in [1.82, 2.24) is 0 Å². The molecule has 0 bridgehead atoms. The van der Waals surface area contributed by atoms with Gasteiger partial charge >= 0.3 is 5.97 Å². The fourth-order valence-corrected chi connectivity index (χ4v) is 3.90. The number of carboxylic acid groups (broad SMARTS) is 1. The van der Waals surface area contributed by atoms with Crippen LogP contribution in [0.1, 0.15) is 0 Å². The number of aliphatic carboxylic acids is 1. The van der Waals surface area contributed by atoms with Crippen molar-refractivity contribution in [3.8, 4) is 45.8 Å². The number of carboxylic acids is 1. The summed E-state index contributed by atoms with van der Waals surface area (Å²) in [7, 11) is 2.36. The Kier molecular flexibility index (Phi) is 6.75. The molecule has 0 spiro atoms. The highest BCUT2D eigenvalue weighted by Gasteiger charge is 2.48. The second-order valence-corrected chi connectivity index (χ2v) is 7.98. The minimum absolute atomic E-state index is 0.0829. The Balaban J connectivity index is 1.73. The van der Waals surface area contributed by atoms with Crippen molar-refractivity contribution >= 4 is 16.9 Å². The number of ether oxygens (including phenoxy) is 4. The van der Waals surface area contributed by atoms with E-state index in [1.54, 1.807) is 0 Å². The number of carbonyl (C=O) groups is 1. The number of rotatable bonds is 6. The molecule has 5 atom stereocenters. The first-order valence-electron chi connectivity index (χ1n) is 10.6. The third-order valence-corrected chi connectivity index (χ3v) is 5.74. The molecule has 1 saturated heterocycles. The average molecular weight is 522 g/mol. The van der Waals surface area contributed by atoms with Crippen LogP contribution in [0.4, 0.5) is 0 Å². The molecule has 3 aromatic rings. The normalized spacial score (nSPS) is 23.5. The van der Waals surface area contributed by atoms with E-state index >= 15 is 0 Å². The number of aliphatic hydroxyl groups is 3. The standard InChI is InChI=1S/C23H22O14/c1-33-19-9(25)6-11-12(13(19)26)14(27)20(34-2)18(35-11)7-3-4-10(8(24)5-7)36-23-17(30)15(28)16(29)21(37-23)22(31)32/h3-6,15-17,21,23-26,28-30H,1-2H3,(H,31,32)/t15-,16+,17-,21+,23-/m1/s1. The van der Waals surface area contributed by atoms with Crippen molar-refractivity contribution < 1.29 is 63.9 Å². The Bertz CT molecular complexity index is 1410. The van der Waals surface area contributed by atoms with E-state index in [-0.39, 0.29) is 39.5 Å². The molecule has 198 valence electrons. The number of methoxy groups -OCH3 is 2. The number of aromatic hydroxyl groups is 3. The molecule has 4 rings (SSSR count). The number of phenols is 3. The summed E-state index contributed by atoms with van der Waals surface area (Å²) in [6, 6.07) is 4.61. The maximum atomic E-state index is 13.0.